The average Bonchev–Trinajstić information content (AvgIpc) is 3.72. The number of hydrogen-bond acceptors (Lipinski definition) is 8. The lowest BCUT2D eigenvalue weighted by Gasteiger charge is -2.40. The molecule has 3 heterocycles. The van der Waals surface area contributed by atoms with Gasteiger partial charge in [-0.2, -0.15) is 0 Å². The van der Waals surface area contributed by atoms with E-state index in [1.54, 1.807) is 37.6 Å². The third kappa shape index (κ3) is 6.78. The summed E-state index contributed by atoms with van der Waals surface area (Å²) < 4.78 is 31.8. The van der Waals surface area contributed by atoms with Crippen molar-refractivity contribution in [2.24, 2.45) is 0 Å². The number of halogens is 3. The Morgan fingerprint density at radius 2 is 1.91 bits per heavy atom. The maximum absolute atomic E-state index is 14.8. The summed E-state index contributed by atoms with van der Waals surface area (Å²) >= 11 is 14.0. The highest BCUT2D eigenvalue weighted by Gasteiger charge is 2.41. The summed E-state index contributed by atoms with van der Waals surface area (Å²) in [7, 11) is 1.55. The molecule has 2 atom stereocenters. The molecule has 6 rings (SSSR count). The molecule has 1 aromatic heterocycles. The number of methoxy groups -OCH3 is 1. The Hall–Kier alpha value is -2.89. The van der Waals surface area contributed by atoms with Crippen LogP contribution in [0.3, 0.4) is 0 Å². The van der Waals surface area contributed by atoms with Crippen LogP contribution in [0.2, 0.25) is 10.0 Å². The van der Waals surface area contributed by atoms with Gasteiger partial charge in [-0.3, -0.25) is 4.79 Å². The fourth-order valence-electron chi connectivity index (χ4n) is 5.65. The fraction of sp³-hybridized carbons (Fsp3) is 0.419. The van der Waals surface area contributed by atoms with Gasteiger partial charge < -0.3 is 29.7 Å². The summed E-state index contributed by atoms with van der Waals surface area (Å²) in [6.45, 7) is 4.02. The molecule has 1 amide bonds. The van der Waals surface area contributed by atoms with Gasteiger partial charge in [-0.1, -0.05) is 34.5 Å². The first kappa shape index (κ1) is 30.1. The molecular weight excluding hydrogens is 614 g/mol. The fourth-order valence-corrected chi connectivity index (χ4v) is 7.21. The van der Waals surface area contributed by atoms with E-state index >= 15 is 0 Å². The van der Waals surface area contributed by atoms with Crippen molar-refractivity contribution in [2.75, 3.05) is 33.4 Å². The molecule has 2 bridgehead atoms. The monoisotopic (exact) mass is 646 g/mol. The van der Waals surface area contributed by atoms with Crippen LogP contribution < -0.4 is 24.8 Å². The first-order valence-electron chi connectivity index (χ1n) is 14.3. The normalized spacial score (nSPS) is 19.7. The smallest absolute Gasteiger partial charge is 0.273 e. The standard InChI is InChI=1S/C31H33Cl2FN4O4S/c1-17-9-23(32)29(24(33)10-17)41-7-8-42-31-36-15-27(43-31)22-12-19-13-35-14-26(37-19)28(22)30(39)38(20-3-4-20)16-18-11-21(40-2)5-6-25(18)34/h5-6,9-11,15,19-20,26,35,37H,3-4,7-8,12-14,16H2,1-2H3/t19-,26-/m1/s1. The Morgan fingerprint density at radius 1 is 1.14 bits per heavy atom. The highest BCUT2D eigenvalue weighted by molar-refractivity contribution is 7.14. The van der Waals surface area contributed by atoms with Crippen LogP contribution in [0, 0.1) is 12.7 Å². The second kappa shape index (κ2) is 13.0. The predicted octanol–water partition coefficient (Wildman–Crippen LogP) is 5.64. The topological polar surface area (TPSA) is 85.0 Å². The molecule has 1 saturated heterocycles. The number of ether oxygens (including phenoxy) is 3. The molecule has 43 heavy (non-hydrogen) atoms. The van der Waals surface area contributed by atoms with E-state index in [2.05, 4.69) is 15.6 Å². The summed E-state index contributed by atoms with van der Waals surface area (Å²) in [6, 6.07) is 8.35. The van der Waals surface area contributed by atoms with Crippen LogP contribution in [0.5, 0.6) is 16.7 Å². The van der Waals surface area contributed by atoms with E-state index in [1.165, 1.54) is 17.4 Å². The molecular formula is C31H33Cl2FN4O4S. The molecule has 228 valence electrons. The maximum Gasteiger partial charge on any atom is 0.273 e. The van der Waals surface area contributed by atoms with Crippen LogP contribution in [-0.2, 0) is 11.3 Å². The number of fused-ring (bicyclic) bond motifs is 2. The lowest BCUT2D eigenvalue weighted by molar-refractivity contribution is -0.128. The Labute approximate surface area is 264 Å². The second-order valence-electron chi connectivity index (χ2n) is 11.0. The molecule has 2 N–H and O–H groups in total. The molecule has 0 unspecified atom stereocenters. The van der Waals surface area contributed by atoms with Crippen LogP contribution in [0.15, 0.2) is 42.1 Å². The molecule has 2 fully saturated rings. The zero-order valence-electron chi connectivity index (χ0n) is 23.9. The van der Waals surface area contributed by atoms with Gasteiger partial charge in [-0.25, -0.2) is 9.37 Å². The van der Waals surface area contributed by atoms with Crippen molar-refractivity contribution in [2.45, 2.75) is 50.9 Å². The van der Waals surface area contributed by atoms with Crippen molar-refractivity contribution in [1.82, 2.24) is 20.5 Å². The van der Waals surface area contributed by atoms with Gasteiger partial charge in [-0.15, -0.1) is 0 Å². The Morgan fingerprint density at radius 3 is 2.65 bits per heavy atom. The largest absolute Gasteiger partial charge is 0.497 e. The number of aryl methyl sites for hydroxylation is 1. The molecule has 0 radical (unpaired) electrons. The van der Waals surface area contributed by atoms with E-state index in [9.17, 15) is 9.18 Å². The highest BCUT2D eigenvalue weighted by atomic mass is 35.5. The number of thiazole rings is 1. The van der Waals surface area contributed by atoms with Gasteiger partial charge in [-0.05, 0) is 67.7 Å². The van der Waals surface area contributed by atoms with Gasteiger partial charge in [0.15, 0.2) is 5.75 Å². The number of aromatic nitrogens is 1. The van der Waals surface area contributed by atoms with Gasteiger partial charge >= 0.3 is 0 Å². The zero-order chi connectivity index (χ0) is 30.1. The molecule has 1 saturated carbocycles. The van der Waals surface area contributed by atoms with Crippen LogP contribution >= 0.6 is 34.5 Å². The Balaban J connectivity index is 1.21. The van der Waals surface area contributed by atoms with Gasteiger partial charge in [0.2, 0.25) is 0 Å². The number of nitrogens with zero attached hydrogens (tertiary/aromatic N) is 2. The summed E-state index contributed by atoms with van der Waals surface area (Å²) in [4.78, 5) is 21.5. The van der Waals surface area contributed by atoms with E-state index in [1.807, 2.05) is 11.8 Å². The summed E-state index contributed by atoms with van der Waals surface area (Å²) in [5, 5.41) is 8.46. The molecule has 2 aliphatic heterocycles. The first-order chi connectivity index (χ1) is 20.8. The number of amides is 1. The van der Waals surface area contributed by atoms with E-state index < -0.39 is 0 Å². The van der Waals surface area contributed by atoms with Crippen molar-refractivity contribution >= 4 is 46.0 Å². The molecule has 1 aliphatic carbocycles. The number of piperazine rings is 1. The zero-order valence-corrected chi connectivity index (χ0v) is 26.3. The van der Waals surface area contributed by atoms with Crippen LogP contribution in [0.1, 0.15) is 35.3 Å². The third-order valence-electron chi connectivity index (χ3n) is 7.85. The van der Waals surface area contributed by atoms with Crippen LogP contribution in [-0.4, -0.2) is 67.3 Å². The van der Waals surface area contributed by atoms with Gasteiger partial charge in [0.1, 0.15) is 24.8 Å². The molecule has 0 spiro atoms. The number of carbonyl (C=O) groups is 1. The van der Waals surface area contributed by atoms with E-state index in [0.717, 1.165) is 35.4 Å². The van der Waals surface area contributed by atoms with Gasteiger partial charge in [0.05, 0.1) is 28.1 Å². The predicted molar refractivity (Wildman–Crippen MR) is 166 cm³/mol. The van der Waals surface area contributed by atoms with Crippen molar-refractivity contribution in [3.8, 4) is 16.7 Å². The van der Waals surface area contributed by atoms with E-state index in [4.69, 9.17) is 37.4 Å². The lowest BCUT2D eigenvalue weighted by Crippen LogP contribution is -2.59. The molecule has 2 aromatic carbocycles. The van der Waals surface area contributed by atoms with Crippen molar-refractivity contribution in [3.05, 3.63) is 74.0 Å². The quantitative estimate of drug-likeness (QED) is 0.261. The van der Waals surface area contributed by atoms with Crippen molar-refractivity contribution < 1.29 is 23.4 Å². The SMILES string of the molecule is COc1ccc(F)c(CN(C(=O)C2=C(c3cnc(OCCOc4c(Cl)cc(C)cc4Cl)s3)C[C@@H]3CNC[C@H]2N3)C2CC2)c1. The Bertz CT molecular complexity index is 1520. The van der Waals surface area contributed by atoms with Crippen LogP contribution in [0.4, 0.5) is 4.39 Å². The Kier molecular flexibility index (Phi) is 9.11. The number of hydrogen-bond donors (Lipinski definition) is 2. The minimum atomic E-state index is -0.352. The number of nitrogens with one attached hydrogen (secondary N) is 2. The number of carbonyl (C=O) groups excluding carboxylic acids is 1. The summed E-state index contributed by atoms with van der Waals surface area (Å²) in [5.41, 5.74) is 3.07. The van der Waals surface area contributed by atoms with Gasteiger partial charge in [0, 0.05) is 49.1 Å². The minimum Gasteiger partial charge on any atom is -0.497 e. The maximum atomic E-state index is 14.8. The van der Waals surface area contributed by atoms with Crippen molar-refractivity contribution in [3.63, 3.8) is 0 Å². The summed E-state index contributed by atoms with van der Waals surface area (Å²) in [5.74, 6) is 0.561. The highest BCUT2D eigenvalue weighted by Crippen LogP contribution is 2.39. The minimum absolute atomic E-state index is 0.0736. The average molecular weight is 648 g/mol. The van der Waals surface area contributed by atoms with Gasteiger partial charge in [0.25, 0.3) is 11.1 Å². The number of benzene rings is 2. The lowest BCUT2D eigenvalue weighted by atomic mass is 9.86. The second-order valence-corrected chi connectivity index (χ2v) is 12.8. The molecule has 3 aliphatic rings. The van der Waals surface area contributed by atoms with E-state index in [0.29, 0.717) is 50.8 Å². The molecule has 3 aromatic rings. The first-order valence-corrected chi connectivity index (χ1v) is 15.9. The van der Waals surface area contributed by atoms with E-state index in [-0.39, 0.29) is 49.6 Å². The van der Waals surface area contributed by atoms with Crippen molar-refractivity contribution in [1.29, 1.82) is 0 Å². The molecule has 12 heteroatoms. The molecule has 8 nitrogen and oxygen atoms in total. The summed E-state index contributed by atoms with van der Waals surface area (Å²) in [6.07, 6.45) is 4.25. The number of rotatable bonds is 11. The third-order valence-corrected chi connectivity index (χ3v) is 9.38. The van der Waals surface area contributed by atoms with Crippen LogP contribution in [0.25, 0.3) is 5.57 Å².